The molecule has 0 N–H and O–H groups in total. The van der Waals surface area contributed by atoms with Gasteiger partial charge in [0.2, 0.25) is 0 Å². The summed E-state index contributed by atoms with van der Waals surface area (Å²) in [6.07, 6.45) is 0. The lowest BCUT2D eigenvalue weighted by atomic mass is 10.3. The zero-order valence-corrected chi connectivity index (χ0v) is 9.71. The Bertz CT molecular complexity index is 274. The molecule has 0 aromatic heterocycles. The second kappa shape index (κ2) is 4.68. The highest BCUT2D eigenvalue weighted by atomic mass is 28.4. The molecule has 1 aromatic carbocycles. The first-order valence-electron chi connectivity index (χ1n) is 4.55. The minimum Gasteiger partial charge on any atom is -0.394 e. The molecule has 1 rings (SSSR count). The molecule has 0 aliphatic carbocycles. The third-order valence-electron chi connectivity index (χ3n) is 2.41. The van der Waals surface area contributed by atoms with Crippen LogP contribution < -0.4 is 5.19 Å². The van der Waals surface area contributed by atoms with Crippen LogP contribution in [0.2, 0.25) is 6.04 Å². The second-order valence-corrected chi connectivity index (χ2v) is 6.63. The molecular weight excluding hydrogens is 199 g/mol. The molecule has 0 radical (unpaired) electrons. The SMILES string of the molecule is CC[Si](OC)(OC)c1ccc(F)cc1. The van der Waals surface area contributed by atoms with Crippen molar-refractivity contribution in [3.63, 3.8) is 0 Å². The summed E-state index contributed by atoms with van der Waals surface area (Å²) in [7, 11) is 1.000. The van der Waals surface area contributed by atoms with E-state index >= 15 is 0 Å². The van der Waals surface area contributed by atoms with Crippen molar-refractivity contribution in [1.29, 1.82) is 0 Å². The zero-order chi connectivity index (χ0) is 10.6. The van der Waals surface area contributed by atoms with E-state index in [1.807, 2.05) is 6.92 Å². The lowest BCUT2D eigenvalue weighted by Crippen LogP contribution is -2.51. The van der Waals surface area contributed by atoms with Crippen LogP contribution in [-0.4, -0.2) is 22.8 Å². The summed E-state index contributed by atoms with van der Waals surface area (Å²) in [5, 5.41) is 0.964. The van der Waals surface area contributed by atoms with Crippen molar-refractivity contribution in [1.82, 2.24) is 0 Å². The van der Waals surface area contributed by atoms with Gasteiger partial charge in [-0.1, -0.05) is 19.1 Å². The maximum atomic E-state index is 12.7. The zero-order valence-electron chi connectivity index (χ0n) is 8.71. The van der Waals surface area contributed by atoms with Gasteiger partial charge < -0.3 is 8.85 Å². The Labute approximate surface area is 84.9 Å². The van der Waals surface area contributed by atoms with Crippen LogP contribution in [0, 0.1) is 5.82 Å². The summed E-state index contributed by atoms with van der Waals surface area (Å²) in [5.74, 6) is -0.236. The van der Waals surface area contributed by atoms with Gasteiger partial charge in [-0.25, -0.2) is 4.39 Å². The summed E-state index contributed by atoms with van der Waals surface area (Å²) >= 11 is 0. The number of rotatable bonds is 4. The van der Waals surface area contributed by atoms with E-state index in [9.17, 15) is 4.39 Å². The average Bonchev–Trinajstić information content (AvgIpc) is 2.24. The van der Waals surface area contributed by atoms with E-state index in [4.69, 9.17) is 8.85 Å². The van der Waals surface area contributed by atoms with Crippen LogP contribution in [0.5, 0.6) is 0 Å². The van der Waals surface area contributed by atoms with Crippen LogP contribution in [0.4, 0.5) is 4.39 Å². The standard InChI is InChI=1S/C10H15FO2Si/c1-4-14(12-2,13-3)10-7-5-9(11)6-8-10/h5-8H,4H2,1-3H3. The predicted molar refractivity (Wildman–Crippen MR) is 56.3 cm³/mol. The highest BCUT2D eigenvalue weighted by Crippen LogP contribution is 2.11. The van der Waals surface area contributed by atoms with Crippen molar-refractivity contribution >= 4 is 13.7 Å². The van der Waals surface area contributed by atoms with Crippen molar-refractivity contribution in [3.8, 4) is 0 Å². The summed E-state index contributed by atoms with van der Waals surface area (Å²) < 4.78 is 23.6. The Kier molecular flexibility index (Phi) is 3.80. The Morgan fingerprint density at radius 1 is 1.14 bits per heavy atom. The first-order chi connectivity index (χ1) is 6.68. The van der Waals surface area contributed by atoms with Gasteiger partial charge in [0.15, 0.2) is 0 Å². The van der Waals surface area contributed by atoms with Crippen molar-refractivity contribution < 1.29 is 13.2 Å². The Morgan fingerprint density at radius 2 is 1.64 bits per heavy atom. The molecule has 1 aromatic rings. The molecule has 2 nitrogen and oxygen atoms in total. The van der Waals surface area contributed by atoms with Gasteiger partial charge >= 0.3 is 8.56 Å². The fraction of sp³-hybridized carbons (Fsp3) is 0.400. The lowest BCUT2D eigenvalue weighted by molar-refractivity contribution is 0.259. The minimum atomic E-state index is -2.28. The van der Waals surface area contributed by atoms with E-state index in [1.54, 1.807) is 26.4 Å². The van der Waals surface area contributed by atoms with Gasteiger partial charge in [-0.05, 0) is 23.4 Å². The smallest absolute Gasteiger partial charge is 0.371 e. The topological polar surface area (TPSA) is 18.5 Å². The van der Waals surface area contributed by atoms with Gasteiger partial charge in [-0.15, -0.1) is 0 Å². The van der Waals surface area contributed by atoms with E-state index in [0.717, 1.165) is 11.2 Å². The molecule has 78 valence electrons. The van der Waals surface area contributed by atoms with Crippen molar-refractivity contribution in [2.45, 2.75) is 13.0 Å². The third kappa shape index (κ3) is 2.02. The van der Waals surface area contributed by atoms with Crippen molar-refractivity contribution in [3.05, 3.63) is 30.1 Å². The summed E-state index contributed by atoms with van der Waals surface area (Å²) in [6.45, 7) is 2.02. The lowest BCUT2D eigenvalue weighted by Gasteiger charge is -2.26. The maximum absolute atomic E-state index is 12.7. The van der Waals surface area contributed by atoms with Gasteiger partial charge in [-0.2, -0.15) is 0 Å². The van der Waals surface area contributed by atoms with Crippen LogP contribution in [-0.2, 0) is 8.85 Å². The van der Waals surface area contributed by atoms with Gasteiger partial charge in [-0.3, -0.25) is 0 Å². The number of hydrogen-bond acceptors (Lipinski definition) is 2. The molecule has 0 aliphatic rings. The summed E-state index contributed by atoms with van der Waals surface area (Å²) in [4.78, 5) is 0. The minimum absolute atomic E-state index is 0.236. The third-order valence-corrected chi connectivity index (χ3v) is 5.87. The van der Waals surface area contributed by atoms with Crippen LogP contribution in [0.1, 0.15) is 6.92 Å². The second-order valence-electron chi connectivity index (χ2n) is 3.02. The summed E-state index contributed by atoms with van der Waals surface area (Å²) in [6, 6.07) is 7.15. The van der Waals surface area contributed by atoms with E-state index < -0.39 is 8.56 Å². The quantitative estimate of drug-likeness (QED) is 0.711. The molecule has 0 heterocycles. The molecule has 0 unspecified atom stereocenters. The van der Waals surface area contributed by atoms with E-state index in [1.165, 1.54) is 12.1 Å². The van der Waals surface area contributed by atoms with Crippen LogP contribution in [0.3, 0.4) is 0 Å². The van der Waals surface area contributed by atoms with Gasteiger partial charge in [0, 0.05) is 14.2 Å². The van der Waals surface area contributed by atoms with Gasteiger partial charge in [0.1, 0.15) is 5.82 Å². The molecule has 0 aliphatic heterocycles. The number of halogens is 1. The van der Waals surface area contributed by atoms with Crippen LogP contribution in [0.25, 0.3) is 0 Å². The molecule has 0 bridgehead atoms. The molecule has 0 amide bonds. The van der Waals surface area contributed by atoms with Crippen LogP contribution >= 0.6 is 0 Å². The predicted octanol–water partition coefficient (Wildman–Crippen LogP) is 1.79. The Morgan fingerprint density at radius 3 is 2.00 bits per heavy atom. The molecule has 0 fully saturated rings. The Hall–Kier alpha value is -0.713. The van der Waals surface area contributed by atoms with Gasteiger partial charge in [0.05, 0.1) is 0 Å². The number of benzene rings is 1. The molecule has 0 saturated carbocycles. The molecule has 0 saturated heterocycles. The van der Waals surface area contributed by atoms with E-state index in [0.29, 0.717) is 0 Å². The number of hydrogen-bond donors (Lipinski definition) is 0. The van der Waals surface area contributed by atoms with Crippen molar-refractivity contribution in [2.24, 2.45) is 0 Å². The highest BCUT2D eigenvalue weighted by molar-refractivity contribution is 6.80. The molecular formula is C10H15FO2Si. The fourth-order valence-electron chi connectivity index (χ4n) is 1.52. The first kappa shape index (κ1) is 11.4. The largest absolute Gasteiger partial charge is 0.394 e. The molecule has 4 heteroatoms. The maximum Gasteiger partial charge on any atom is 0.371 e. The normalized spacial score (nSPS) is 11.7. The highest BCUT2D eigenvalue weighted by Gasteiger charge is 2.35. The van der Waals surface area contributed by atoms with Crippen molar-refractivity contribution in [2.75, 3.05) is 14.2 Å². The monoisotopic (exact) mass is 214 g/mol. The fourth-order valence-corrected chi connectivity index (χ4v) is 3.81. The van der Waals surface area contributed by atoms with Crippen LogP contribution in [0.15, 0.2) is 24.3 Å². The van der Waals surface area contributed by atoms with E-state index in [2.05, 4.69) is 0 Å². The van der Waals surface area contributed by atoms with Gasteiger partial charge in [0.25, 0.3) is 0 Å². The first-order valence-corrected chi connectivity index (χ1v) is 6.57. The Balaban J connectivity index is 3.05. The van der Waals surface area contributed by atoms with E-state index in [-0.39, 0.29) is 5.82 Å². The summed E-state index contributed by atoms with van der Waals surface area (Å²) in [5.41, 5.74) is 0. The molecule has 0 spiro atoms. The molecule has 14 heavy (non-hydrogen) atoms. The molecule has 0 atom stereocenters. The average molecular weight is 214 g/mol.